The Bertz CT molecular complexity index is 1860. The van der Waals surface area contributed by atoms with Crippen molar-refractivity contribution in [2.24, 2.45) is 17.3 Å². The summed E-state index contributed by atoms with van der Waals surface area (Å²) in [7, 11) is 1.58. The van der Waals surface area contributed by atoms with Crippen molar-refractivity contribution >= 4 is 29.0 Å². The molecule has 2 aliphatic carbocycles. The van der Waals surface area contributed by atoms with E-state index in [2.05, 4.69) is 5.32 Å². The highest BCUT2D eigenvalue weighted by Gasteiger charge is 2.48. The molecule has 262 valence electrons. The third kappa shape index (κ3) is 8.42. The van der Waals surface area contributed by atoms with Crippen LogP contribution < -0.4 is 10.1 Å². The Kier molecular flexibility index (Phi) is 11.0. The van der Waals surface area contributed by atoms with Gasteiger partial charge in [-0.2, -0.15) is 0 Å². The van der Waals surface area contributed by atoms with E-state index in [9.17, 15) is 24.0 Å². The van der Waals surface area contributed by atoms with Gasteiger partial charge in [0.2, 0.25) is 11.7 Å². The summed E-state index contributed by atoms with van der Waals surface area (Å²) < 4.78 is 5.31. The number of nitrogens with one attached hydrogen (secondary N) is 1. The van der Waals surface area contributed by atoms with Crippen LogP contribution in [0.3, 0.4) is 0 Å². The summed E-state index contributed by atoms with van der Waals surface area (Å²) in [5, 5.41) is 2.97. The molecular weight excluding hydrogens is 638 g/mol. The molecule has 2 atom stereocenters. The molecule has 0 bridgehead atoms. The van der Waals surface area contributed by atoms with E-state index in [1.165, 1.54) is 11.1 Å². The van der Waals surface area contributed by atoms with E-state index in [1.807, 2.05) is 91.0 Å². The van der Waals surface area contributed by atoms with E-state index in [0.29, 0.717) is 25.0 Å². The van der Waals surface area contributed by atoms with Crippen molar-refractivity contribution < 1.29 is 28.7 Å². The van der Waals surface area contributed by atoms with Gasteiger partial charge in [-0.3, -0.25) is 24.0 Å². The fraction of sp³-hybridized carbons (Fsp3) is 0.341. The Balaban J connectivity index is 1.20. The van der Waals surface area contributed by atoms with Gasteiger partial charge in [-0.15, -0.1) is 0 Å². The normalized spacial score (nSPS) is 15.6. The lowest BCUT2D eigenvalue weighted by atomic mass is 9.73. The Hall–Kier alpha value is -5.17. The fourth-order valence-electron chi connectivity index (χ4n) is 7.73. The molecule has 4 aromatic rings. The molecule has 0 fully saturated rings. The molecule has 0 unspecified atom stereocenters. The maximum atomic E-state index is 14.4. The Labute approximate surface area is 299 Å². The third-order valence-electron chi connectivity index (χ3n) is 10.7. The molecule has 2 aliphatic rings. The first-order chi connectivity index (χ1) is 24.6. The second-order valence-electron chi connectivity index (χ2n) is 14.3. The number of ether oxygens (including phenoxy) is 1. The maximum absolute atomic E-state index is 14.4. The molecule has 1 N–H and O–H groups in total. The predicted molar refractivity (Wildman–Crippen MR) is 195 cm³/mol. The first-order valence-electron chi connectivity index (χ1n) is 17.9. The van der Waals surface area contributed by atoms with Gasteiger partial charge in [0, 0.05) is 31.1 Å². The van der Waals surface area contributed by atoms with Gasteiger partial charge in [-0.05, 0) is 84.0 Å². The number of benzene rings is 4. The van der Waals surface area contributed by atoms with Crippen LogP contribution in [0.5, 0.6) is 5.75 Å². The smallest absolute Gasteiger partial charge is 0.223 e. The van der Waals surface area contributed by atoms with E-state index in [-0.39, 0.29) is 61.9 Å². The van der Waals surface area contributed by atoms with Crippen molar-refractivity contribution in [3.05, 3.63) is 137 Å². The Morgan fingerprint density at radius 3 is 1.90 bits per heavy atom. The van der Waals surface area contributed by atoms with Gasteiger partial charge in [0.05, 0.1) is 18.6 Å². The van der Waals surface area contributed by atoms with Crippen molar-refractivity contribution in [2.45, 2.75) is 70.8 Å². The van der Waals surface area contributed by atoms with Gasteiger partial charge in [-0.1, -0.05) is 97.9 Å². The number of hydrogen-bond acceptors (Lipinski definition) is 6. The number of Topliss-reactive ketones (excluding diaryl/α,β-unsaturated/α-hetero) is 4. The average molecular weight is 684 g/mol. The summed E-state index contributed by atoms with van der Waals surface area (Å²) in [4.78, 5) is 69.2. The molecule has 0 aromatic heterocycles. The van der Waals surface area contributed by atoms with E-state index in [0.717, 1.165) is 22.3 Å². The van der Waals surface area contributed by atoms with E-state index in [1.54, 1.807) is 26.2 Å². The number of carbonyl (C=O) groups is 5. The number of carbonyl (C=O) groups excluding carboxylic acids is 5. The zero-order valence-corrected chi connectivity index (χ0v) is 29.4. The quantitative estimate of drug-likeness (QED) is 0.140. The van der Waals surface area contributed by atoms with Crippen LogP contribution in [0, 0.1) is 17.3 Å². The van der Waals surface area contributed by atoms with Crippen LogP contribution in [-0.2, 0) is 62.5 Å². The predicted octanol–water partition coefficient (Wildman–Crippen LogP) is 6.25. The van der Waals surface area contributed by atoms with Crippen LogP contribution in [0.4, 0.5) is 0 Å². The summed E-state index contributed by atoms with van der Waals surface area (Å²) in [5.74, 6) is -1.85. The Morgan fingerprint density at radius 1 is 0.745 bits per heavy atom. The molecule has 0 heterocycles. The molecule has 0 aliphatic heterocycles. The van der Waals surface area contributed by atoms with Crippen molar-refractivity contribution in [3.63, 3.8) is 0 Å². The standard InChI is InChI=1S/C44H45NO6/c1-29(22-40(47)36-24-32-12-6-7-13-33(32)25-36)43(50)45-38(23-31-16-19-37(51-2)20-17-31)41(48)28-44(26-34-14-8-9-15-35(34)27-44)42(49)39(46)21-18-30-10-4-3-5-11-30/h3-17,19-20,29,36,38H,18,21-28H2,1-2H3,(H,45,50)/t29-,38+/m1/s1. The lowest BCUT2D eigenvalue weighted by Gasteiger charge is -2.29. The molecule has 0 saturated carbocycles. The first-order valence-corrected chi connectivity index (χ1v) is 17.9. The van der Waals surface area contributed by atoms with Crippen LogP contribution in [0.15, 0.2) is 103 Å². The van der Waals surface area contributed by atoms with Crippen molar-refractivity contribution in [1.82, 2.24) is 5.32 Å². The van der Waals surface area contributed by atoms with Gasteiger partial charge >= 0.3 is 0 Å². The van der Waals surface area contributed by atoms with Crippen LogP contribution in [0.25, 0.3) is 0 Å². The molecule has 4 aromatic carbocycles. The molecule has 1 amide bonds. The SMILES string of the molecule is COc1ccc(C[C@H](NC(=O)[C@H](C)CC(=O)C2Cc3ccccc3C2)C(=O)CC2(C(=O)C(=O)CCc3ccccc3)Cc3ccccc3C2)cc1. The highest BCUT2D eigenvalue weighted by molar-refractivity contribution is 6.39. The minimum Gasteiger partial charge on any atom is -0.497 e. The summed E-state index contributed by atoms with van der Waals surface area (Å²) in [5.41, 5.74) is 4.78. The summed E-state index contributed by atoms with van der Waals surface area (Å²) in [6.07, 6.45) is 2.46. The third-order valence-corrected chi connectivity index (χ3v) is 10.7. The van der Waals surface area contributed by atoms with Crippen LogP contribution >= 0.6 is 0 Å². The second-order valence-corrected chi connectivity index (χ2v) is 14.3. The summed E-state index contributed by atoms with van der Waals surface area (Å²) in [6.45, 7) is 1.72. The minimum atomic E-state index is -1.24. The van der Waals surface area contributed by atoms with Crippen LogP contribution in [-0.4, -0.2) is 42.2 Å². The zero-order valence-electron chi connectivity index (χ0n) is 29.4. The van der Waals surface area contributed by atoms with Gasteiger partial charge in [0.1, 0.15) is 11.5 Å². The monoisotopic (exact) mass is 683 g/mol. The maximum Gasteiger partial charge on any atom is 0.223 e. The molecule has 0 spiro atoms. The summed E-state index contributed by atoms with van der Waals surface area (Å²) in [6, 6.07) is 31.6. The van der Waals surface area contributed by atoms with Crippen molar-refractivity contribution in [3.8, 4) is 5.75 Å². The lowest BCUT2D eigenvalue weighted by molar-refractivity contribution is -0.144. The summed E-state index contributed by atoms with van der Waals surface area (Å²) >= 11 is 0. The van der Waals surface area contributed by atoms with Gasteiger partial charge in [-0.25, -0.2) is 0 Å². The molecular formula is C44H45NO6. The Morgan fingerprint density at radius 2 is 1.31 bits per heavy atom. The number of fused-ring (bicyclic) bond motifs is 2. The number of methoxy groups -OCH3 is 1. The fourth-order valence-corrected chi connectivity index (χ4v) is 7.73. The van der Waals surface area contributed by atoms with E-state index >= 15 is 0 Å². The molecule has 51 heavy (non-hydrogen) atoms. The highest BCUT2D eigenvalue weighted by Crippen LogP contribution is 2.42. The molecule has 0 radical (unpaired) electrons. The van der Waals surface area contributed by atoms with Crippen LogP contribution in [0.1, 0.15) is 59.6 Å². The molecule has 7 nitrogen and oxygen atoms in total. The highest BCUT2D eigenvalue weighted by atomic mass is 16.5. The zero-order chi connectivity index (χ0) is 36.0. The van der Waals surface area contributed by atoms with Gasteiger partial charge in [0.25, 0.3) is 0 Å². The number of hydrogen-bond donors (Lipinski definition) is 1. The lowest BCUT2D eigenvalue weighted by Crippen LogP contribution is -2.48. The number of rotatable bonds is 16. The van der Waals surface area contributed by atoms with Crippen molar-refractivity contribution in [2.75, 3.05) is 7.11 Å². The second kappa shape index (κ2) is 15.8. The molecule has 7 heteroatoms. The minimum absolute atomic E-state index is 0.0363. The van der Waals surface area contributed by atoms with Gasteiger partial charge in [0.15, 0.2) is 11.6 Å². The number of ketones is 4. The molecule has 0 saturated heterocycles. The van der Waals surface area contributed by atoms with E-state index < -0.39 is 28.9 Å². The molecule has 6 rings (SSSR count). The van der Waals surface area contributed by atoms with Crippen LogP contribution in [0.2, 0.25) is 0 Å². The number of aryl methyl sites for hydroxylation is 1. The van der Waals surface area contributed by atoms with E-state index in [4.69, 9.17) is 4.74 Å². The average Bonchev–Trinajstić information content (AvgIpc) is 3.76. The topological polar surface area (TPSA) is 107 Å². The first kappa shape index (κ1) is 35.6. The van der Waals surface area contributed by atoms with Crippen molar-refractivity contribution in [1.29, 1.82) is 0 Å². The van der Waals surface area contributed by atoms with Gasteiger partial charge < -0.3 is 10.1 Å². The number of amides is 1. The largest absolute Gasteiger partial charge is 0.497 e.